The molecule has 0 amide bonds. The monoisotopic (exact) mass is 251 g/mol. The maximum Gasteiger partial charge on any atom is 0.121 e. The van der Waals surface area contributed by atoms with Gasteiger partial charge in [-0.2, -0.15) is 0 Å². The lowest BCUT2D eigenvalue weighted by Gasteiger charge is -2.20. The van der Waals surface area contributed by atoms with Crippen LogP contribution in [0.2, 0.25) is 0 Å². The van der Waals surface area contributed by atoms with E-state index in [1.807, 2.05) is 19.1 Å². The van der Waals surface area contributed by atoms with Crippen molar-refractivity contribution in [1.82, 2.24) is 5.32 Å². The van der Waals surface area contributed by atoms with Gasteiger partial charge < -0.3 is 19.9 Å². The van der Waals surface area contributed by atoms with Crippen LogP contribution >= 0.6 is 0 Å². The molecule has 1 saturated heterocycles. The van der Waals surface area contributed by atoms with Crippen LogP contribution in [0.1, 0.15) is 17.5 Å². The van der Waals surface area contributed by atoms with Crippen molar-refractivity contribution in [2.45, 2.75) is 25.5 Å². The summed E-state index contributed by atoms with van der Waals surface area (Å²) in [6.07, 6.45) is 0.710. The third-order valence-corrected chi connectivity index (χ3v) is 3.32. The molecular formula is C14H21NO3. The van der Waals surface area contributed by atoms with Crippen molar-refractivity contribution in [3.63, 3.8) is 0 Å². The Bertz CT molecular complexity index is 400. The smallest absolute Gasteiger partial charge is 0.121 e. The number of aliphatic hydroxyl groups is 1. The van der Waals surface area contributed by atoms with E-state index in [4.69, 9.17) is 9.47 Å². The predicted octanol–water partition coefficient (Wildman–Crippen LogP) is 1.24. The molecule has 18 heavy (non-hydrogen) atoms. The highest BCUT2D eigenvalue weighted by Crippen LogP contribution is 2.19. The van der Waals surface area contributed by atoms with Crippen LogP contribution in [0.5, 0.6) is 5.75 Å². The van der Waals surface area contributed by atoms with E-state index in [9.17, 15) is 5.11 Å². The van der Waals surface area contributed by atoms with Crippen LogP contribution in [-0.4, -0.2) is 37.6 Å². The number of ether oxygens (including phenoxy) is 2. The molecule has 4 nitrogen and oxygen atoms in total. The Morgan fingerprint density at radius 3 is 2.94 bits per heavy atom. The molecule has 1 aliphatic rings. The predicted molar refractivity (Wildman–Crippen MR) is 69.8 cm³/mol. The minimum Gasteiger partial charge on any atom is -0.496 e. The van der Waals surface area contributed by atoms with Gasteiger partial charge in [-0.25, -0.2) is 0 Å². The summed E-state index contributed by atoms with van der Waals surface area (Å²) in [5.74, 6) is 0.904. The number of nitrogens with one attached hydrogen (secondary N) is 1. The molecule has 100 valence electrons. The second kappa shape index (κ2) is 5.69. The molecule has 0 bridgehead atoms. The Labute approximate surface area is 108 Å². The number of methoxy groups -OCH3 is 1. The largest absolute Gasteiger partial charge is 0.496 e. The van der Waals surface area contributed by atoms with Crippen molar-refractivity contribution < 1.29 is 14.6 Å². The summed E-state index contributed by atoms with van der Waals surface area (Å²) in [6.45, 7) is 4.42. The number of hydrogen-bond acceptors (Lipinski definition) is 4. The van der Waals surface area contributed by atoms with Crippen LogP contribution < -0.4 is 10.1 Å². The van der Waals surface area contributed by atoms with Crippen molar-refractivity contribution >= 4 is 0 Å². The van der Waals surface area contributed by atoms with Gasteiger partial charge in [0.15, 0.2) is 0 Å². The molecule has 0 aliphatic carbocycles. The van der Waals surface area contributed by atoms with Gasteiger partial charge in [-0.3, -0.25) is 0 Å². The SMILES string of the molecule is COc1ccc(CNCC2(O)CCOC2)cc1C. The zero-order valence-electron chi connectivity index (χ0n) is 11.0. The summed E-state index contributed by atoms with van der Waals surface area (Å²) in [5, 5.41) is 13.4. The van der Waals surface area contributed by atoms with E-state index in [0.717, 1.165) is 17.9 Å². The van der Waals surface area contributed by atoms with Crippen LogP contribution in [0.4, 0.5) is 0 Å². The zero-order chi connectivity index (χ0) is 13.0. The number of benzene rings is 1. The van der Waals surface area contributed by atoms with Crippen molar-refractivity contribution in [3.8, 4) is 5.75 Å². The molecule has 0 saturated carbocycles. The molecule has 0 aromatic heterocycles. The number of rotatable bonds is 5. The topological polar surface area (TPSA) is 50.7 Å². The van der Waals surface area contributed by atoms with Crippen LogP contribution in [0, 0.1) is 6.92 Å². The first-order chi connectivity index (χ1) is 8.63. The molecule has 1 unspecified atom stereocenters. The Balaban J connectivity index is 1.85. The maximum atomic E-state index is 10.1. The van der Waals surface area contributed by atoms with Crippen molar-refractivity contribution in [1.29, 1.82) is 0 Å². The lowest BCUT2D eigenvalue weighted by atomic mass is 10.0. The Morgan fingerprint density at radius 1 is 1.50 bits per heavy atom. The van der Waals surface area contributed by atoms with E-state index >= 15 is 0 Å². The zero-order valence-corrected chi connectivity index (χ0v) is 11.0. The van der Waals surface area contributed by atoms with Gasteiger partial charge in [0.2, 0.25) is 0 Å². The van der Waals surface area contributed by atoms with Crippen LogP contribution in [0.3, 0.4) is 0 Å². The fourth-order valence-electron chi connectivity index (χ4n) is 2.23. The first kappa shape index (κ1) is 13.3. The molecule has 1 aliphatic heterocycles. The number of aryl methyl sites for hydroxylation is 1. The Hall–Kier alpha value is -1.10. The van der Waals surface area contributed by atoms with Gasteiger partial charge in [0.05, 0.1) is 13.7 Å². The van der Waals surface area contributed by atoms with Gasteiger partial charge in [-0.15, -0.1) is 0 Å². The van der Waals surface area contributed by atoms with E-state index in [-0.39, 0.29) is 0 Å². The van der Waals surface area contributed by atoms with Crippen molar-refractivity contribution in [2.24, 2.45) is 0 Å². The molecule has 2 rings (SSSR count). The molecule has 1 heterocycles. The molecule has 1 aromatic rings. The molecule has 1 atom stereocenters. The van der Waals surface area contributed by atoms with Crippen molar-refractivity contribution in [2.75, 3.05) is 26.9 Å². The first-order valence-electron chi connectivity index (χ1n) is 6.27. The number of hydrogen-bond donors (Lipinski definition) is 2. The average molecular weight is 251 g/mol. The average Bonchev–Trinajstić information content (AvgIpc) is 2.77. The van der Waals surface area contributed by atoms with Gasteiger partial charge in [0, 0.05) is 26.1 Å². The molecule has 0 radical (unpaired) electrons. The third-order valence-electron chi connectivity index (χ3n) is 3.32. The fourth-order valence-corrected chi connectivity index (χ4v) is 2.23. The molecular weight excluding hydrogens is 230 g/mol. The summed E-state index contributed by atoms with van der Waals surface area (Å²) in [4.78, 5) is 0. The summed E-state index contributed by atoms with van der Waals surface area (Å²) < 4.78 is 10.4. The van der Waals surface area contributed by atoms with Gasteiger partial charge in [0.25, 0.3) is 0 Å². The van der Waals surface area contributed by atoms with Crippen molar-refractivity contribution in [3.05, 3.63) is 29.3 Å². The lowest BCUT2D eigenvalue weighted by Crippen LogP contribution is -2.40. The summed E-state index contributed by atoms with van der Waals surface area (Å²) >= 11 is 0. The second-order valence-corrected chi connectivity index (χ2v) is 4.93. The Morgan fingerprint density at radius 2 is 2.33 bits per heavy atom. The van der Waals surface area contributed by atoms with Gasteiger partial charge in [0.1, 0.15) is 11.4 Å². The standard InChI is InChI=1S/C14H21NO3/c1-11-7-12(3-4-13(11)17-2)8-15-9-14(16)5-6-18-10-14/h3-4,7,15-16H,5-6,8-10H2,1-2H3. The highest BCUT2D eigenvalue weighted by atomic mass is 16.5. The van der Waals surface area contributed by atoms with Gasteiger partial charge >= 0.3 is 0 Å². The van der Waals surface area contributed by atoms with E-state index in [1.165, 1.54) is 5.56 Å². The third kappa shape index (κ3) is 3.22. The highest BCUT2D eigenvalue weighted by molar-refractivity contribution is 5.36. The van der Waals surface area contributed by atoms with Gasteiger partial charge in [-0.1, -0.05) is 12.1 Å². The minimum atomic E-state index is -0.693. The first-order valence-corrected chi connectivity index (χ1v) is 6.27. The molecule has 1 aromatic carbocycles. The molecule has 0 spiro atoms. The van der Waals surface area contributed by atoms with E-state index in [0.29, 0.717) is 26.2 Å². The van der Waals surface area contributed by atoms with E-state index in [2.05, 4.69) is 11.4 Å². The summed E-state index contributed by atoms with van der Waals surface area (Å²) in [6, 6.07) is 6.11. The maximum absolute atomic E-state index is 10.1. The molecule has 2 N–H and O–H groups in total. The fraction of sp³-hybridized carbons (Fsp3) is 0.571. The summed E-state index contributed by atoms with van der Waals surface area (Å²) in [7, 11) is 1.68. The molecule has 4 heteroatoms. The highest BCUT2D eigenvalue weighted by Gasteiger charge is 2.31. The van der Waals surface area contributed by atoms with E-state index in [1.54, 1.807) is 7.11 Å². The minimum absolute atomic E-state index is 0.432. The van der Waals surface area contributed by atoms with Gasteiger partial charge in [-0.05, 0) is 24.1 Å². The molecule has 1 fully saturated rings. The van der Waals surface area contributed by atoms with Crippen LogP contribution in [0.25, 0.3) is 0 Å². The Kier molecular flexibility index (Phi) is 4.22. The van der Waals surface area contributed by atoms with E-state index < -0.39 is 5.60 Å². The normalized spacial score (nSPS) is 23.3. The second-order valence-electron chi connectivity index (χ2n) is 4.93. The lowest BCUT2D eigenvalue weighted by molar-refractivity contribution is 0.0268. The van der Waals surface area contributed by atoms with Crippen LogP contribution in [-0.2, 0) is 11.3 Å². The quantitative estimate of drug-likeness (QED) is 0.827. The van der Waals surface area contributed by atoms with Crippen LogP contribution in [0.15, 0.2) is 18.2 Å². The summed E-state index contributed by atoms with van der Waals surface area (Å²) in [5.41, 5.74) is 1.62.